The van der Waals surface area contributed by atoms with Gasteiger partial charge in [-0.15, -0.1) is 0 Å². The molecule has 3 aliphatic heterocycles. The number of carbonyl (C=O) groups excluding carboxylic acids is 2. The van der Waals surface area contributed by atoms with Gasteiger partial charge in [0.25, 0.3) is 12.0 Å². The molecule has 0 radical (unpaired) electrons. The van der Waals surface area contributed by atoms with Gasteiger partial charge in [0.1, 0.15) is 18.3 Å². The highest BCUT2D eigenvalue weighted by atomic mass is 28.5. The van der Waals surface area contributed by atoms with Crippen molar-refractivity contribution in [3.05, 3.63) is 33.1 Å². The Morgan fingerprint density at radius 2 is 1.40 bits per heavy atom. The average Bonchev–Trinajstić information content (AvgIpc) is 3.54. The quantitative estimate of drug-likeness (QED) is 0.264. The molecule has 4 heterocycles. The number of nitrogens with zero attached hydrogens (tertiary/aromatic N) is 1. The van der Waals surface area contributed by atoms with Crippen LogP contribution in [-0.4, -0.2) is 95.4 Å². The number of esters is 2. The van der Waals surface area contributed by atoms with Gasteiger partial charge in [-0.25, -0.2) is 14.4 Å². The highest BCUT2D eigenvalue weighted by molar-refractivity contribution is 6.84. The van der Waals surface area contributed by atoms with Gasteiger partial charge < -0.3 is 41.4 Å². The van der Waals surface area contributed by atoms with Crippen molar-refractivity contribution in [1.82, 2.24) is 9.55 Å². The number of rotatable bonds is 11. The molecule has 47 heavy (non-hydrogen) atoms. The molecule has 0 unspecified atom stereocenters. The molecule has 0 saturated carbocycles. The van der Waals surface area contributed by atoms with E-state index in [4.69, 9.17) is 41.4 Å². The molecule has 266 valence electrons. The summed E-state index contributed by atoms with van der Waals surface area (Å²) in [7, 11) is -6.13. The second-order valence-corrected chi connectivity index (χ2v) is 22.0. The van der Waals surface area contributed by atoms with Gasteiger partial charge in [0, 0.05) is 12.3 Å². The van der Waals surface area contributed by atoms with Crippen LogP contribution in [0.3, 0.4) is 0 Å². The number of ether oxygens (including phenoxy) is 6. The minimum Gasteiger partial charge on any atom is -0.464 e. The molecule has 3 fully saturated rings. The van der Waals surface area contributed by atoms with Crippen LogP contribution in [0.2, 0.25) is 22.2 Å². The van der Waals surface area contributed by atoms with Gasteiger partial charge in [-0.05, 0) is 36.0 Å². The third kappa shape index (κ3) is 7.37. The van der Waals surface area contributed by atoms with E-state index in [-0.39, 0.29) is 42.0 Å². The van der Waals surface area contributed by atoms with E-state index in [1.165, 1.54) is 16.8 Å². The summed E-state index contributed by atoms with van der Waals surface area (Å²) < 4.78 is 57.2. The van der Waals surface area contributed by atoms with Crippen molar-refractivity contribution in [3.63, 3.8) is 0 Å². The van der Waals surface area contributed by atoms with Gasteiger partial charge >= 0.3 is 34.8 Å². The molecule has 1 aromatic heterocycles. The van der Waals surface area contributed by atoms with Crippen LogP contribution in [0.1, 0.15) is 75.5 Å². The summed E-state index contributed by atoms with van der Waals surface area (Å²) in [5.74, 6) is -1.66. The zero-order valence-electron chi connectivity index (χ0n) is 28.9. The lowest BCUT2D eigenvalue weighted by Crippen LogP contribution is -2.66. The lowest BCUT2D eigenvalue weighted by molar-refractivity contribution is -0.281. The minimum absolute atomic E-state index is 0.0369. The Morgan fingerprint density at radius 3 is 1.87 bits per heavy atom. The summed E-state index contributed by atoms with van der Waals surface area (Å²) in [6, 6.07) is 1.19. The second-order valence-electron chi connectivity index (χ2n) is 13.1. The van der Waals surface area contributed by atoms with E-state index in [0.717, 1.165) is 0 Å². The first-order valence-electron chi connectivity index (χ1n) is 16.4. The number of aromatic amines is 1. The van der Waals surface area contributed by atoms with Crippen LogP contribution in [0, 0.1) is 0 Å². The zero-order chi connectivity index (χ0) is 34.8. The van der Waals surface area contributed by atoms with Crippen LogP contribution in [0.4, 0.5) is 0 Å². The van der Waals surface area contributed by atoms with Gasteiger partial charge in [0.15, 0.2) is 18.4 Å². The number of hydrogen-bond donors (Lipinski definition) is 1. The van der Waals surface area contributed by atoms with Gasteiger partial charge in [0.2, 0.25) is 0 Å². The molecule has 0 spiro atoms. The second kappa shape index (κ2) is 15.1. The van der Waals surface area contributed by atoms with Crippen LogP contribution < -0.4 is 11.2 Å². The third-order valence-electron chi connectivity index (χ3n) is 8.84. The minimum atomic E-state index is -3.20. The molecule has 3 saturated heterocycles. The maximum absolute atomic E-state index is 13.1. The van der Waals surface area contributed by atoms with Crippen molar-refractivity contribution in [3.8, 4) is 0 Å². The van der Waals surface area contributed by atoms with E-state index in [1.54, 1.807) is 13.8 Å². The highest BCUT2D eigenvalue weighted by Gasteiger charge is 2.63. The van der Waals surface area contributed by atoms with Crippen molar-refractivity contribution >= 4 is 29.1 Å². The molecule has 4 rings (SSSR count). The number of H-pyrrole nitrogens is 1. The van der Waals surface area contributed by atoms with E-state index in [2.05, 4.69) is 60.4 Å². The Morgan fingerprint density at radius 1 is 0.872 bits per heavy atom. The van der Waals surface area contributed by atoms with Gasteiger partial charge in [-0.2, -0.15) is 0 Å². The number of hydrogen-bond acceptors (Lipinski definition) is 13. The maximum atomic E-state index is 13.1. The molecule has 0 bridgehead atoms. The Labute approximate surface area is 276 Å². The standard InChI is InChI=1S/C30H50N2O13Si2/c1-11-37-27(34)24-25(28(35)38-12-2)43-30(42-24)41-23-22-20(40-26(23)32-14-13-21(33)31-29(32)36)15-39-46(16(3)4,17(5)6)45-47(44-22,18(7)8)19(9)10/h13-14,16-20,22-26,30H,11-12,15H2,1-10H3,(H,31,33,36)/t20-,22-,23-,24+,25+,26-/m1/s1. The summed E-state index contributed by atoms with van der Waals surface area (Å²) in [4.78, 5) is 52.9. The fraction of sp³-hybridized carbons (Fsp3) is 0.800. The predicted octanol–water partition coefficient (Wildman–Crippen LogP) is 2.97. The van der Waals surface area contributed by atoms with E-state index in [1.807, 2.05) is 0 Å². The summed E-state index contributed by atoms with van der Waals surface area (Å²) >= 11 is 0. The van der Waals surface area contributed by atoms with Crippen LogP contribution in [-0.2, 0) is 51.0 Å². The molecule has 0 aromatic carbocycles. The predicted molar refractivity (Wildman–Crippen MR) is 171 cm³/mol. The summed E-state index contributed by atoms with van der Waals surface area (Å²) in [5, 5.41) is 0. The van der Waals surface area contributed by atoms with Crippen LogP contribution in [0.5, 0.6) is 0 Å². The fourth-order valence-electron chi connectivity index (χ4n) is 6.53. The molecular formula is C30H50N2O13Si2. The number of nitrogens with one attached hydrogen (secondary N) is 1. The molecule has 0 amide bonds. The molecule has 3 aliphatic rings. The van der Waals surface area contributed by atoms with Crippen molar-refractivity contribution in [1.29, 1.82) is 0 Å². The fourth-order valence-corrected chi connectivity index (χ4v) is 17.7. The molecule has 1 aromatic rings. The highest BCUT2D eigenvalue weighted by Crippen LogP contribution is 2.49. The molecular weight excluding hydrogens is 653 g/mol. The summed E-state index contributed by atoms with van der Waals surface area (Å²) in [5.41, 5.74) is -1.24. The van der Waals surface area contributed by atoms with Crippen LogP contribution in [0.25, 0.3) is 0 Å². The van der Waals surface area contributed by atoms with Crippen molar-refractivity contribution in [2.24, 2.45) is 0 Å². The van der Waals surface area contributed by atoms with Gasteiger partial charge in [0.05, 0.1) is 19.8 Å². The number of aromatic nitrogens is 2. The monoisotopic (exact) mass is 702 g/mol. The first-order chi connectivity index (χ1) is 22.1. The molecule has 1 N–H and O–H groups in total. The molecule has 17 heteroatoms. The van der Waals surface area contributed by atoms with Crippen molar-refractivity contribution < 1.29 is 51.0 Å². The molecule has 0 aliphatic carbocycles. The number of carbonyl (C=O) groups is 2. The van der Waals surface area contributed by atoms with E-state index in [0.29, 0.717) is 0 Å². The first-order valence-corrected chi connectivity index (χ1v) is 20.3. The Bertz CT molecular complexity index is 1320. The lowest BCUT2D eigenvalue weighted by atomic mass is 10.1. The van der Waals surface area contributed by atoms with Crippen LogP contribution in [0.15, 0.2) is 21.9 Å². The normalized spacial score (nSPS) is 29.2. The number of fused-ring (bicyclic) bond motifs is 1. The van der Waals surface area contributed by atoms with Gasteiger partial charge in [-0.3, -0.25) is 14.3 Å². The Hall–Kier alpha value is -2.23. The summed E-state index contributed by atoms with van der Waals surface area (Å²) in [6.07, 6.45) is -5.55. The van der Waals surface area contributed by atoms with E-state index < -0.39 is 83.5 Å². The average molecular weight is 703 g/mol. The molecule has 6 atom stereocenters. The van der Waals surface area contributed by atoms with Crippen molar-refractivity contribution in [2.45, 2.75) is 135 Å². The maximum Gasteiger partial charge on any atom is 0.338 e. The van der Waals surface area contributed by atoms with E-state index >= 15 is 0 Å². The zero-order valence-corrected chi connectivity index (χ0v) is 30.9. The smallest absolute Gasteiger partial charge is 0.338 e. The SMILES string of the molecule is CCOC(=O)[C@H]1OC(O[C@@H]2[C@@H]3O[Si](C(C)C)(C(C)C)O[Si](C(C)C)(C(C)C)OC[C@H]3O[C@H]2n2ccc(=O)[nH]c2=O)O[C@@H]1C(=O)OCC. The third-order valence-corrected chi connectivity index (χ3v) is 19.1. The van der Waals surface area contributed by atoms with E-state index in [9.17, 15) is 19.2 Å². The summed E-state index contributed by atoms with van der Waals surface area (Å²) in [6.45, 7) is 18.5. The topological polar surface area (TPSA) is 172 Å². The Balaban J connectivity index is 1.80. The van der Waals surface area contributed by atoms with Crippen LogP contribution >= 0.6 is 0 Å². The van der Waals surface area contributed by atoms with Gasteiger partial charge in [-0.1, -0.05) is 55.4 Å². The van der Waals surface area contributed by atoms with Crippen molar-refractivity contribution in [2.75, 3.05) is 19.8 Å². The lowest BCUT2D eigenvalue weighted by Gasteiger charge is -2.51. The Kier molecular flexibility index (Phi) is 12.1. The first kappa shape index (κ1) is 37.6. The molecule has 15 nitrogen and oxygen atoms in total. The largest absolute Gasteiger partial charge is 0.464 e.